The molecule has 4 rings (SSSR count). The number of rotatable bonds is 3. The average molecular weight is 299 g/mol. The van der Waals surface area contributed by atoms with Crippen LogP contribution in [0.1, 0.15) is 29.0 Å². The highest BCUT2D eigenvalue weighted by molar-refractivity contribution is 5.47. The molecule has 5 heteroatoms. The Balaban J connectivity index is 1.62. The number of benzene rings is 2. The molecule has 1 atom stereocenters. The van der Waals surface area contributed by atoms with Gasteiger partial charge in [-0.15, -0.1) is 0 Å². The van der Waals surface area contributed by atoms with Crippen molar-refractivity contribution in [3.05, 3.63) is 59.2 Å². The molecule has 114 valence electrons. The van der Waals surface area contributed by atoms with Crippen molar-refractivity contribution in [2.45, 2.75) is 12.3 Å². The topological polar surface area (TPSA) is 62.9 Å². The van der Waals surface area contributed by atoms with Gasteiger partial charge < -0.3 is 24.7 Å². The first-order valence-corrected chi connectivity index (χ1v) is 7.29. The van der Waals surface area contributed by atoms with Gasteiger partial charge in [0.1, 0.15) is 0 Å². The van der Waals surface area contributed by atoms with Gasteiger partial charge in [-0.25, -0.2) is 0 Å². The minimum atomic E-state index is -0.288. The summed E-state index contributed by atoms with van der Waals surface area (Å²) in [5.41, 5.74) is 9.38. The van der Waals surface area contributed by atoms with Gasteiger partial charge in [-0.2, -0.15) is 0 Å². The normalized spacial score (nSPS) is 18.6. The minimum Gasteiger partial charge on any atom is -0.454 e. The molecule has 0 aromatic heterocycles. The maximum Gasteiger partial charge on any atom is 0.231 e. The van der Waals surface area contributed by atoms with Crippen LogP contribution in [0, 0.1) is 0 Å². The van der Waals surface area contributed by atoms with Gasteiger partial charge in [0.2, 0.25) is 6.79 Å². The lowest BCUT2D eigenvalue weighted by atomic mass is 9.97. The average Bonchev–Trinajstić information content (AvgIpc) is 3.25. The van der Waals surface area contributed by atoms with E-state index in [1.54, 1.807) is 0 Å². The molecule has 0 spiro atoms. The highest BCUT2D eigenvalue weighted by Crippen LogP contribution is 2.35. The lowest BCUT2D eigenvalue weighted by molar-refractivity contribution is -0.0441. The summed E-state index contributed by atoms with van der Waals surface area (Å²) < 4.78 is 21.8. The van der Waals surface area contributed by atoms with Crippen LogP contribution in [0.4, 0.5) is 0 Å². The second-order valence-electron chi connectivity index (χ2n) is 5.33. The SMILES string of the molecule is NC(c1cccc(C2OCCO2)c1)c1ccc2c(c1)OCO2. The van der Waals surface area contributed by atoms with Crippen LogP contribution in [-0.2, 0) is 9.47 Å². The third-order valence-electron chi connectivity index (χ3n) is 3.92. The van der Waals surface area contributed by atoms with E-state index in [1.165, 1.54) is 0 Å². The maximum absolute atomic E-state index is 6.40. The third-order valence-corrected chi connectivity index (χ3v) is 3.92. The fourth-order valence-electron chi connectivity index (χ4n) is 2.75. The predicted octanol–water partition coefficient (Wildman–Crippen LogP) is 2.51. The predicted molar refractivity (Wildman–Crippen MR) is 79.7 cm³/mol. The van der Waals surface area contributed by atoms with Crippen LogP contribution >= 0.6 is 0 Å². The molecule has 0 amide bonds. The van der Waals surface area contributed by atoms with Crippen LogP contribution in [0.5, 0.6) is 11.5 Å². The first kappa shape index (κ1) is 13.6. The van der Waals surface area contributed by atoms with Crippen molar-refractivity contribution in [2.75, 3.05) is 20.0 Å². The molecule has 0 saturated carbocycles. The number of ether oxygens (including phenoxy) is 4. The van der Waals surface area contributed by atoms with Crippen LogP contribution in [0.25, 0.3) is 0 Å². The summed E-state index contributed by atoms with van der Waals surface area (Å²) in [5, 5.41) is 0. The van der Waals surface area contributed by atoms with Crippen LogP contribution in [0.15, 0.2) is 42.5 Å². The minimum absolute atomic E-state index is 0.240. The van der Waals surface area contributed by atoms with Gasteiger partial charge in [-0.1, -0.05) is 24.3 Å². The van der Waals surface area contributed by atoms with E-state index in [2.05, 4.69) is 0 Å². The Morgan fingerprint density at radius 1 is 0.909 bits per heavy atom. The Morgan fingerprint density at radius 2 is 1.68 bits per heavy atom. The van der Waals surface area contributed by atoms with Crippen molar-refractivity contribution in [1.29, 1.82) is 0 Å². The fourth-order valence-corrected chi connectivity index (χ4v) is 2.75. The molecule has 2 N–H and O–H groups in total. The smallest absolute Gasteiger partial charge is 0.231 e. The van der Waals surface area contributed by atoms with Crippen molar-refractivity contribution in [3.63, 3.8) is 0 Å². The summed E-state index contributed by atoms with van der Waals surface area (Å²) in [6, 6.07) is 13.6. The summed E-state index contributed by atoms with van der Waals surface area (Å²) >= 11 is 0. The van der Waals surface area contributed by atoms with Gasteiger partial charge in [0.15, 0.2) is 17.8 Å². The zero-order valence-electron chi connectivity index (χ0n) is 12.0. The number of hydrogen-bond acceptors (Lipinski definition) is 5. The van der Waals surface area contributed by atoms with Crippen LogP contribution < -0.4 is 15.2 Å². The highest BCUT2D eigenvalue weighted by atomic mass is 16.7. The molecule has 2 aliphatic rings. The number of hydrogen-bond donors (Lipinski definition) is 1. The largest absolute Gasteiger partial charge is 0.454 e. The van der Waals surface area contributed by atoms with Gasteiger partial charge in [0, 0.05) is 5.56 Å². The second-order valence-corrected chi connectivity index (χ2v) is 5.33. The van der Waals surface area contributed by atoms with Crippen molar-refractivity contribution >= 4 is 0 Å². The molecule has 2 aromatic carbocycles. The van der Waals surface area contributed by atoms with Crippen LogP contribution in [-0.4, -0.2) is 20.0 Å². The zero-order chi connectivity index (χ0) is 14.9. The van der Waals surface area contributed by atoms with Crippen LogP contribution in [0.2, 0.25) is 0 Å². The molecule has 1 fully saturated rings. The second kappa shape index (κ2) is 5.61. The monoisotopic (exact) mass is 299 g/mol. The molecule has 1 unspecified atom stereocenters. The lowest BCUT2D eigenvalue weighted by Crippen LogP contribution is -2.12. The molecule has 0 radical (unpaired) electrons. The summed E-state index contributed by atoms with van der Waals surface area (Å²) in [6.07, 6.45) is -0.288. The van der Waals surface area contributed by atoms with Crippen molar-refractivity contribution in [1.82, 2.24) is 0 Å². The van der Waals surface area contributed by atoms with E-state index in [-0.39, 0.29) is 19.1 Å². The summed E-state index contributed by atoms with van der Waals surface area (Å²) in [6.45, 7) is 1.52. The first-order chi connectivity index (χ1) is 10.8. The van der Waals surface area contributed by atoms with Crippen molar-refractivity contribution < 1.29 is 18.9 Å². The molecule has 0 aliphatic carbocycles. The standard InChI is InChI=1S/C17H17NO4/c18-16(12-4-5-14-15(9-12)22-10-21-14)11-2-1-3-13(8-11)17-19-6-7-20-17/h1-5,8-9,16-17H,6-7,10,18H2. The number of nitrogens with two attached hydrogens (primary N) is 1. The summed E-state index contributed by atoms with van der Waals surface area (Å²) in [7, 11) is 0. The van der Waals surface area contributed by atoms with Gasteiger partial charge in [-0.3, -0.25) is 0 Å². The molecule has 0 bridgehead atoms. The van der Waals surface area contributed by atoms with Gasteiger partial charge in [-0.05, 0) is 29.3 Å². The molecule has 2 aromatic rings. The zero-order valence-corrected chi connectivity index (χ0v) is 12.0. The summed E-state index contributed by atoms with van der Waals surface area (Å²) in [5.74, 6) is 1.50. The van der Waals surface area contributed by atoms with E-state index < -0.39 is 0 Å². The van der Waals surface area contributed by atoms with Crippen LogP contribution in [0.3, 0.4) is 0 Å². The molecule has 22 heavy (non-hydrogen) atoms. The van der Waals surface area contributed by atoms with E-state index >= 15 is 0 Å². The van der Waals surface area contributed by atoms with E-state index in [0.29, 0.717) is 13.2 Å². The highest BCUT2D eigenvalue weighted by Gasteiger charge is 2.21. The number of fused-ring (bicyclic) bond motifs is 1. The Morgan fingerprint density at radius 3 is 2.55 bits per heavy atom. The quantitative estimate of drug-likeness (QED) is 0.943. The molecular weight excluding hydrogens is 282 g/mol. The summed E-state index contributed by atoms with van der Waals surface area (Å²) in [4.78, 5) is 0. The molecule has 5 nitrogen and oxygen atoms in total. The Hall–Kier alpha value is -2.08. The molecular formula is C17H17NO4. The third kappa shape index (κ3) is 2.43. The van der Waals surface area contributed by atoms with Gasteiger partial charge in [0.25, 0.3) is 0 Å². The Labute approximate surface area is 128 Å². The van der Waals surface area contributed by atoms with E-state index in [9.17, 15) is 0 Å². The molecule has 2 heterocycles. The first-order valence-electron chi connectivity index (χ1n) is 7.29. The fraction of sp³-hybridized carbons (Fsp3) is 0.294. The van der Waals surface area contributed by atoms with Gasteiger partial charge >= 0.3 is 0 Å². The molecule has 2 aliphatic heterocycles. The maximum atomic E-state index is 6.40. The molecule has 1 saturated heterocycles. The van der Waals surface area contributed by atoms with E-state index in [4.69, 9.17) is 24.7 Å². The van der Waals surface area contributed by atoms with Crippen molar-refractivity contribution in [3.8, 4) is 11.5 Å². The Bertz CT molecular complexity index is 682. The van der Waals surface area contributed by atoms with Crippen molar-refractivity contribution in [2.24, 2.45) is 5.73 Å². The Kier molecular flexibility index (Phi) is 3.46. The lowest BCUT2D eigenvalue weighted by Gasteiger charge is -2.16. The van der Waals surface area contributed by atoms with E-state index in [1.807, 2.05) is 42.5 Å². The van der Waals surface area contributed by atoms with E-state index in [0.717, 1.165) is 28.2 Å². The van der Waals surface area contributed by atoms with Gasteiger partial charge in [0.05, 0.1) is 19.3 Å².